The van der Waals surface area contributed by atoms with Gasteiger partial charge in [0, 0.05) is 36.5 Å². The third-order valence-electron chi connectivity index (χ3n) is 20.6. The van der Waals surface area contributed by atoms with Crippen molar-refractivity contribution in [2.45, 2.75) is 276 Å². The van der Waals surface area contributed by atoms with Gasteiger partial charge in [0.25, 0.3) is 0 Å². The molecule has 1 heterocycles. The maximum absolute atomic E-state index is 15.0. The summed E-state index contributed by atoms with van der Waals surface area (Å²) in [4.78, 5) is 237. The number of fused-ring (bicyclic) bond motifs is 1. The molecule has 123 heavy (non-hydrogen) atoms. The van der Waals surface area contributed by atoms with Crippen molar-refractivity contribution in [3.05, 3.63) is 71.9 Å². The minimum atomic E-state index is -1.95. The first-order chi connectivity index (χ1) is 57.8. The lowest BCUT2D eigenvalue weighted by Gasteiger charge is -2.30. The Labute approximate surface area is 714 Å². The number of hydrogen-bond donors (Lipinski definition) is 25. The molecule has 2 aromatic carbocycles. The molecule has 0 spiro atoms. The van der Waals surface area contributed by atoms with Crippen LogP contribution >= 0.6 is 0 Å². The van der Waals surface area contributed by atoms with E-state index in [1.807, 2.05) is 5.32 Å². The summed E-state index contributed by atoms with van der Waals surface area (Å²) in [5.74, 6) is -21.3. The number of benzene rings is 2. The van der Waals surface area contributed by atoms with Crippen molar-refractivity contribution in [3.8, 4) is 0 Å². The van der Waals surface area contributed by atoms with Crippen molar-refractivity contribution in [3.63, 3.8) is 0 Å². The SMILES string of the molecule is CC[C@H](C)[C@H](NC(=O)[C@H](CC(C)C)NC(=O)[C@H](Cc1c[nH]c2ccccc12)NC(=O)[C@H](C)NC(=O)[C@@H](NC(=O)[C@H](Cc1ccccc1)NC(=O)[C@H](CC(=O)O)NC(=O)[C@H](CCCNC(=N)N)NC(=O)[C@H](C)N)[C@@H](C)CC)C(=O)N[C@@H](C)C(=O)N[C@H](C(=O)N[C@@H](CCCCN)C(=O)N[C@H](C(=O)N[C@H](C(=O)N[C@@H](CC(=O)O)C(=O)O)[C@@H](C)O)[C@@H](C)CC)[C@@H](C)O. The molecule has 0 saturated heterocycles. The van der Waals surface area contributed by atoms with Gasteiger partial charge in [0.1, 0.15) is 84.6 Å². The number of aromatic amines is 1. The van der Waals surface area contributed by atoms with Gasteiger partial charge < -0.3 is 127 Å². The first-order valence-electron chi connectivity index (χ1n) is 41.2. The summed E-state index contributed by atoms with van der Waals surface area (Å²) in [5.41, 5.74) is 18.6. The van der Waals surface area contributed by atoms with Crippen LogP contribution in [0.3, 0.4) is 0 Å². The van der Waals surface area contributed by atoms with E-state index in [0.29, 0.717) is 28.5 Å². The smallest absolute Gasteiger partial charge is 0.326 e. The number of rotatable bonds is 55. The molecular weight excluding hydrogens is 1610 g/mol. The van der Waals surface area contributed by atoms with E-state index in [2.05, 4.69) is 79.4 Å². The van der Waals surface area contributed by atoms with Crippen molar-refractivity contribution < 1.29 is 107 Å². The Kier molecular flexibility index (Phi) is 44.9. The molecule has 0 unspecified atom stereocenters. The normalized spacial score (nSPS) is 16.1. The van der Waals surface area contributed by atoms with Gasteiger partial charge in [0.05, 0.1) is 31.1 Å². The van der Waals surface area contributed by atoms with Crippen LogP contribution in [0.4, 0.5) is 0 Å². The third kappa shape index (κ3) is 35.6. The average Bonchev–Trinajstić information content (AvgIpc) is 1.78. The van der Waals surface area contributed by atoms with E-state index >= 15 is 4.79 Å². The molecule has 28 N–H and O–H groups in total. The van der Waals surface area contributed by atoms with Crippen LogP contribution in [0.1, 0.15) is 172 Å². The van der Waals surface area contributed by atoms with Crippen molar-refractivity contribution in [1.29, 1.82) is 5.41 Å². The highest BCUT2D eigenvalue weighted by molar-refractivity contribution is 6.02. The molecule has 0 bridgehead atoms. The maximum atomic E-state index is 15.0. The Morgan fingerprint density at radius 2 is 0.772 bits per heavy atom. The van der Waals surface area contributed by atoms with Gasteiger partial charge in [-0.2, -0.15) is 0 Å². The summed E-state index contributed by atoms with van der Waals surface area (Å²) in [6.45, 7) is 19.8. The van der Waals surface area contributed by atoms with E-state index < -0.39 is 234 Å². The van der Waals surface area contributed by atoms with Crippen molar-refractivity contribution in [2.75, 3.05) is 13.1 Å². The predicted molar refractivity (Wildman–Crippen MR) is 450 cm³/mol. The molecule has 14 amide bonds. The second-order valence-electron chi connectivity index (χ2n) is 31.4. The first-order valence-corrected chi connectivity index (χ1v) is 41.2. The highest BCUT2D eigenvalue weighted by atomic mass is 16.4. The van der Waals surface area contributed by atoms with E-state index in [1.54, 1.807) is 116 Å². The van der Waals surface area contributed by atoms with Gasteiger partial charge in [-0.15, -0.1) is 0 Å². The number of para-hydroxylation sites is 1. The number of carboxylic acids is 3. The number of aliphatic hydroxyl groups excluding tert-OH is 2. The molecule has 42 nitrogen and oxygen atoms in total. The second-order valence-corrected chi connectivity index (χ2v) is 31.4. The van der Waals surface area contributed by atoms with Gasteiger partial charge in [-0.05, 0) is 121 Å². The van der Waals surface area contributed by atoms with Gasteiger partial charge in [0.15, 0.2) is 5.96 Å². The number of carbonyl (C=O) groups excluding carboxylic acids is 14. The fourth-order valence-electron chi connectivity index (χ4n) is 12.7. The van der Waals surface area contributed by atoms with E-state index in [-0.39, 0.29) is 89.2 Å². The number of unbranched alkanes of at least 4 members (excludes halogenated alkanes) is 1. The predicted octanol–water partition coefficient (Wildman–Crippen LogP) is -3.50. The Balaban J connectivity index is 1.93. The van der Waals surface area contributed by atoms with Crippen molar-refractivity contribution in [1.82, 2.24) is 84.7 Å². The first kappa shape index (κ1) is 105. The number of carboxylic acid groups (broad SMARTS) is 3. The second kappa shape index (κ2) is 52.4. The summed E-state index contributed by atoms with van der Waals surface area (Å²) in [5, 5.41) is 96.0. The molecule has 684 valence electrons. The third-order valence-corrected chi connectivity index (χ3v) is 20.6. The fraction of sp³-hybridized carbons (Fsp3) is 0.605. The van der Waals surface area contributed by atoms with Crippen LogP contribution < -0.4 is 97.0 Å². The van der Waals surface area contributed by atoms with Crippen LogP contribution in [-0.2, 0) is 94.3 Å². The quantitative estimate of drug-likeness (QED) is 0.0148. The van der Waals surface area contributed by atoms with E-state index in [1.165, 1.54) is 20.8 Å². The Hall–Kier alpha value is -11.9. The number of aliphatic hydroxyl groups is 2. The van der Waals surface area contributed by atoms with E-state index in [0.717, 1.165) is 13.8 Å². The lowest BCUT2D eigenvalue weighted by Crippen LogP contribution is -2.63. The molecule has 0 radical (unpaired) electrons. The van der Waals surface area contributed by atoms with Crippen LogP contribution in [0, 0.1) is 29.1 Å². The zero-order valence-electron chi connectivity index (χ0n) is 71.9. The van der Waals surface area contributed by atoms with E-state index in [4.69, 9.17) is 22.6 Å². The van der Waals surface area contributed by atoms with E-state index in [9.17, 15) is 102 Å². The monoisotopic (exact) mass is 1730 g/mol. The maximum Gasteiger partial charge on any atom is 0.326 e. The molecule has 0 aliphatic carbocycles. The molecule has 3 rings (SSSR count). The fourth-order valence-corrected chi connectivity index (χ4v) is 12.7. The van der Waals surface area contributed by atoms with Crippen LogP contribution in [0.5, 0.6) is 0 Å². The van der Waals surface area contributed by atoms with Crippen LogP contribution in [0.15, 0.2) is 60.8 Å². The van der Waals surface area contributed by atoms with Gasteiger partial charge in [-0.3, -0.25) is 82.1 Å². The molecule has 0 fully saturated rings. The zero-order chi connectivity index (χ0) is 92.8. The number of guanidine groups is 1. The molecule has 42 heteroatoms. The zero-order valence-corrected chi connectivity index (χ0v) is 71.9. The number of aliphatic carboxylic acids is 3. The van der Waals surface area contributed by atoms with Gasteiger partial charge in [-0.25, -0.2) is 4.79 Å². The standard InChI is InChI=1S/C81H128N20O22/c1-14-40(6)61(76(118)89-45(11)68(110)100-64(46(12)102)78(120)91-52(29-22-23-31-82)70(112)97-63(42(8)16-3)77(119)101-65(47(13)103)79(121)96-58(80(122)123)37-60(106)107)98-73(115)54(33-39(4)5)93-71(113)56(35-49-38-87-51-28-21-20-27-50(49)51)92-67(109)44(10)88-75(117)62(41(7)15-2)99-74(116)55(34-48-25-18-17-19-26-48)94-72(114)57(36-59(104)105)95-69(111)53(90-66(108)43(9)83)30-24-32-86-81(84)85/h17-21,25-28,38-47,52-58,61-65,87,102-103H,14-16,22-24,29-37,82-83H2,1-13H3,(H,88,117)(H,89,118)(H,90,108)(H,91,120)(H,92,109)(H,93,113)(H,94,114)(H,95,111)(H,96,121)(H,97,112)(H,98,115)(H,99,116)(H,100,110)(H,101,119)(H,104,105)(H,106,107)(H,122,123)(H4,84,85,86)/t40-,41-,42-,43-,44-,45-,46+,47+,52-,53-,54-,55-,56-,57-,58-,61-,62-,63-,64-,65-/m0/s1. The van der Waals surface area contributed by atoms with Crippen LogP contribution in [-0.4, -0.2) is 253 Å². The molecule has 0 aliphatic rings. The molecule has 3 aromatic rings. The number of nitrogens with one attached hydrogen (secondary N) is 17. The van der Waals surface area contributed by atoms with Gasteiger partial charge in [0.2, 0.25) is 82.7 Å². The summed E-state index contributed by atoms with van der Waals surface area (Å²) in [6, 6.07) is -7.91. The minimum Gasteiger partial charge on any atom is -0.481 e. The van der Waals surface area contributed by atoms with Crippen molar-refractivity contribution in [2.24, 2.45) is 40.9 Å². The number of carbonyl (C=O) groups is 17. The summed E-state index contributed by atoms with van der Waals surface area (Å²) in [6.07, 6.45) is -3.05. The Morgan fingerprint density at radius 1 is 0.407 bits per heavy atom. The molecule has 0 aliphatic heterocycles. The highest BCUT2D eigenvalue weighted by Crippen LogP contribution is 2.22. The molecule has 20 atom stereocenters. The lowest BCUT2D eigenvalue weighted by atomic mass is 9.96. The molecule has 1 aromatic heterocycles. The molecule has 0 saturated carbocycles. The Morgan fingerprint density at radius 3 is 1.24 bits per heavy atom. The van der Waals surface area contributed by atoms with Crippen LogP contribution in [0.25, 0.3) is 10.9 Å². The number of aromatic nitrogens is 1. The summed E-state index contributed by atoms with van der Waals surface area (Å²) in [7, 11) is 0. The highest BCUT2D eigenvalue weighted by Gasteiger charge is 2.41. The number of amides is 14. The molecular formula is C81H128N20O22. The van der Waals surface area contributed by atoms with Crippen molar-refractivity contribution >= 4 is 117 Å². The number of H-pyrrole nitrogens is 1. The topological polar surface area (TPSA) is 689 Å². The number of nitrogens with two attached hydrogens (primary N) is 3. The largest absolute Gasteiger partial charge is 0.481 e. The van der Waals surface area contributed by atoms with Gasteiger partial charge >= 0.3 is 17.9 Å². The van der Waals surface area contributed by atoms with Crippen LogP contribution in [0.2, 0.25) is 0 Å². The number of hydrogen-bond acceptors (Lipinski definition) is 22. The summed E-state index contributed by atoms with van der Waals surface area (Å²) >= 11 is 0. The Bertz CT molecular complexity index is 4110. The summed E-state index contributed by atoms with van der Waals surface area (Å²) < 4.78 is 0. The lowest BCUT2D eigenvalue weighted by molar-refractivity contribution is -0.148. The van der Waals surface area contributed by atoms with Gasteiger partial charge in [-0.1, -0.05) is 123 Å². The minimum absolute atomic E-state index is 0.0454. The average molecular weight is 1730 g/mol.